The predicted molar refractivity (Wildman–Crippen MR) is 77.3 cm³/mol. The van der Waals surface area contributed by atoms with E-state index in [-0.39, 0.29) is 12.3 Å². The normalized spacial score (nSPS) is 10.1. The van der Waals surface area contributed by atoms with Crippen LogP contribution in [0.4, 0.5) is 5.69 Å². The van der Waals surface area contributed by atoms with Gasteiger partial charge >= 0.3 is 0 Å². The van der Waals surface area contributed by atoms with Crippen molar-refractivity contribution in [3.63, 3.8) is 0 Å². The molecule has 3 N–H and O–H groups in total. The molecule has 0 saturated heterocycles. The zero-order valence-electron chi connectivity index (χ0n) is 11.1. The second-order valence-electron chi connectivity index (χ2n) is 4.24. The first-order valence-corrected chi connectivity index (χ1v) is 6.39. The van der Waals surface area contributed by atoms with Crippen LogP contribution < -0.4 is 15.8 Å². The molecule has 0 aliphatic rings. The lowest BCUT2D eigenvalue weighted by Crippen LogP contribution is -2.15. The molecule has 0 atom stereocenters. The number of anilines is 1. The number of hydrogen-bond donors (Lipinski definition) is 2. The summed E-state index contributed by atoms with van der Waals surface area (Å²) < 4.78 is 5.41. The molecule has 2 rings (SSSR count). The molecule has 2 aromatic rings. The molecular weight excluding hydrogens is 254 g/mol. The number of carbonyl (C=O) groups excluding carboxylic acids is 1. The average Bonchev–Trinajstić information content (AvgIpc) is 2.49. The molecule has 0 fully saturated rings. The molecule has 5 nitrogen and oxygen atoms in total. The van der Waals surface area contributed by atoms with Gasteiger partial charge in [-0.1, -0.05) is 12.1 Å². The molecule has 20 heavy (non-hydrogen) atoms. The Morgan fingerprint density at radius 1 is 1.25 bits per heavy atom. The lowest BCUT2D eigenvalue weighted by atomic mass is 10.2. The number of benzene rings is 1. The van der Waals surface area contributed by atoms with Crippen molar-refractivity contribution in [3.8, 4) is 5.75 Å². The van der Waals surface area contributed by atoms with Crippen molar-refractivity contribution in [1.29, 1.82) is 0 Å². The van der Waals surface area contributed by atoms with E-state index >= 15 is 0 Å². The van der Waals surface area contributed by atoms with Crippen molar-refractivity contribution in [1.82, 2.24) is 4.98 Å². The maximum atomic E-state index is 11.7. The van der Waals surface area contributed by atoms with Crippen LogP contribution in [0.2, 0.25) is 0 Å². The van der Waals surface area contributed by atoms with Gasteiger partial charge in [-0.05, 0) is 29.8 Å². The van der Waals surface area contributed by atoms with Gasteiger partial charge in [-0.15, -0.1) is 0 Å². The molecule has 104 valence electrons. The number of nitrogens with two attached hydrogens (primary N) is 1. The lowest BCUT2D eigenvalue weighted by molar-refractivity contribution is -0.116. The van der Waals surface area contributed by atoms with E-state index in [0.717, 1.165) is 11.3 Å². The minimum atomic E-state index is -0.0885. The second-order valence-corrected chi connectivity index (χ2v) is 4.24. The lowest BCUT2D eigenvalue weighted by Gasteiger charge is -2.07. The van der Waals surface area contributed by atoms with Crippen LogP contribution in [0.1, 0.15) is 12.0 Å². The number of aromatic nitrogens is 1. The van der Waals surface area contributed by atoms with Gasteiger partial charge in [0.05, 0.1) is 19.2 Å². The number of nitrogens with one attached hydrogen (secondary N) is 1. The molecule has 1 aromatic heterocycles. The monoisotopic (exact) mass is 271 g/mol. The topological polar surface area (TPSA) is 77.2 Å². The van der Waals surface area contributed by atoms with Crippen molar-refractivity contribution in [2.75, 3.05) is 11.9 Å². The summed E-state index contributed by atoms with van der Waals surface area (Å²) in [5.41, 5.74) is 7.30. The molecule has 5 heteroatoms. The van der Waals surface area contributed by atoms with E-state index in [1.165, 1.54) is 0 Å². The fraction of sp³-hybridized carbons (Fsp3) is 0.200. The van der Waals surface area contributed by atoms with E-state index in [1.54, 1.807) is 24.5 Å². The van der Waals surface area contributed by atoms with Crippen molar-refractivity contribution < 1.29 is 9.53 Å². The molecular formula is C15H17N3O2. The quantitative estimate of drug-likeness (QED) is 0.841. The third-order valence-electron chi connectivity index (χ3n) is 2.71. The maximum Gasteiger partial charge on any atom is 0.227 e. The Morgan fingerprint density at radius 2 is 2.05 bits per heavy atom. The van der Waals surface area contributed by atoms with Gasteiger partial charge in [0, 0.05) is 18.4 Å². The number of ether oxygens (including phenoxy) is 1. The summed E-state index contributed by atoms with van der Waals surface area (Å²) >= 11 is 0. The fourth-order valence-corrected chi connectivity index (χ4v) is 1.64. The van der Waals surface area contributed by atoms with Crippen LogP contribution in [-0.2, 0) is 11.3 Å². The maximum absolute atomic E-state index is 11.7. The Bertz CT molecular complexity index is 541. The fourth-order valence-electron chi connectivity index (χ4n) is 1.64. The number of carbonyl (C=O) groups is 1. The van der Waals surface area contributed by atoms with Gasteiger partial charge in [-0.2, -0.15) is 0 Å². The van der Waals surface area contributed by atoms with Crippen LogP contribution in [-0.4, -0.2) is 17.5 Å². The van der Waals surface area contributed by atoms with Crippen LogP contribution in [0.5, 0.6) is 5.75 Å². The van der Waals surface area contributed by atoms with E-state index in [9.17, 15) is 4.79 Å². The van der Waals surface area contributed by atoms with E-state index in [4.69, 9.17) is 10.5 Å². The number of nitrogens with zero attached hydrogens (tertiary/aromatic N) is 1. The number of pyridine rings is 1. The van der Waals surface area contributed by atoms with Crippen LogP contribution in [0.15, 0.2) is 48.8 Å². The summed E-state index contributed by atoms with van der Waals surface area (Å²) in [6, 6.07) is 11.0. The smallest absolute Gasteiger partial charge is 0.227 e. The molecule has 0 spiro atoms. The van der Waals surface area contributed by atoms with Gasteiger partial charge in [-0.25, -0.2) is 0 Å². The van der Waals surface area contributed by atoms with Gasteiger partial charge in [0.15, 0.2) is 0 Å². The first kappa shape index (κ1) is 14.0. The van der Waals surface area contributed by atoms with Crippen LogP contribution in [0.25, 0.3) is 0 Å². The Kier molecular flexibility index (Phi) is 5.08. The van der Waals surface area contributed by atoms with Gasteiger partial charge in [0.25, 0.3) is 0 Å². The van der Waals surface area contributed by atoms with Crippen molar-refractivity contribution in [3.05, 3.63) is 54.4 Å². The van der Waals surface area contributed by atoms with Gasteiger partial charge in [0.1, 0.15) is 5.75 Å². The average molecular weight is 271 g/mol. The zero-order chi connectivity index (χ0) is 14.2. The molecule has 1 amide bonds. The SMILES string of the molecule is NCc1ccc(NC(=O)CCOc2cccnc2)cc1. The summed E-state index contributed by atoms with van der Waals surface area (Å²) in [5.74, 6) is 0.571. The highest BCUT2D eigenvalue weighted by Gasteiger charge is 2.03. The van der Waals surface area contributed by atoms with E-state index in [1.807, 2.05) is 24.3 Å². The van der Waals surface area contributed by atoms with Crippen molar-refractivity contribution >= 4 is 11.6 Å². The highest BCUT2D eigenvalue weighted by atomic mass is 16.5. The minimum Gasteiger partial charge on any atom is -0.491 e. The Hall–Kier alpha value is -2.40. The van der Waals surface area contributed by atoms with E-state index in [2.05, 4.69) is 10.3 Å². The highest BCUT2D eigenvalue weighted by molar-refractivity contribution is 5.90. The minimum absolute atomic E-state index is 0.0885. The first-order valence-electron chi connectivity index (χ1n) is 6.39. The molecule has 0 radical (unpaired) electrons. The number of rotatable bonds is 6. The second kappa shape index (κ2) is 7.25. The summed E-state index contributed by atoms with van der Waals surface area (Å²) in [7, 11) is 0. The van der Waals surface area contributed by atoms with E-state index < -0.39 is 0 Å². The zero-order valence-corrected chi connectivity index (χ0v) is 11.1. The molecule has 0 saturated carbocycles. The van der Waals surface area contributed by atoms with E-state index in [0.29, 0.717) is 18.9 Å². The Labute approximate surface area is 117 Å². The molecule has 0 aliphatic carbocycles. The summed E-state index contributed by atoms with van der Waals surface area (Å²) in [4.78, 5) is 15.7. The summed E-state index contributed by atoms with van der Waals surface area (Å²) in [6.07, 6.45) is 3.57. The van der Waals surface area contributed by atoms with Crippen molar-refractivity contribution in [2.45, 2.75) is 13.0 Å². The van der Waals surface area contributed by atoms with Gasteiger partial charge in [0.2, 0.25) is 5.91 Å². The van der Waals surface area contributed by atoms with Crippen LogP contribution >= 0.6 is 0 Å². The summed E-state index contributed by atoms with van der Waals surface area (Å²) in [5, 5.41) is 2.80. The highest BCUT2D eigenvalue weighted by Crippen LogP contribution is 2.10. The van der Waals surface area contributed by atoms with Gasteiger partial charge < -0.3 is 15.8 Å². The standard InChI is InChI=1S/C15H17N3O2/c16-10-12-3-5-13(6-4-12)18-15(19)7-9-20-14-2-1-8-17-11-14/h1-6,8,11H,7,9-10,16H2,(H,18,19). The Morgan fingerprint density at radius 3 is 2.70 bits per heavy atom. The Balaban J connectivity index is 1.74. The molecule has 1 aromatic carbocycles. The van der Waals surface area contributed by atoms with Gasteiger partial charge in [-0.3, -0.25) is 9.78 Å². The summed E-state index contributed by atoms with van der Waals surface area (Å²) in [6.45, 7) is 0.811. The predicted octanol–water partition coefficient (Wildman–Crippen LogP) is 1.95. The van der Waals surface area contributed by atoms with Crippen LogP contribution in [0.3, 0.4) is 0 Å². The third-order valence-corrected chi connectivity index (χ3v) is 2.71. The molecule has 1 heterocycles. The molecule has 0 aliphatic heterocycles. The molecule has 0 bridgehead atoms. The number of amides is 1. The first-order chi connectivity index (χ1) is 9.78. The molecule has 0 unspecified atom stereocenters. The largest absolute Gasteiger partial charge is 0.491 e. The number of hydrogen-bond acceptors (Lipinski definition) is 4. The van der Waals surface area contributed by atoms with Crippen molar-refractivity contribution in [2.24, 2.45) is 5.73 Å². The third kappa shape index (κ3) is 4.37. The van der Waals surface area contributed by atoms with Crippen LogP contribution in [0, 0.1) is 0 Å².